The van der Waals surface area contributed by atoms with Gasteiger partial charge in [0.15, 0.2) is 24.8 Å². The second-order valence-electron chi connectivity index (χ2n) is 8.38. The van der Waals surface area contributed by atoms with Crippen LogP contribution in [-0.4, -0.2) is 72.3 Å². The van der Waals surface area contributed by atoms with Crippen molar-refractivity contribution in [1.29, 1.82) is 0 Å². The zero-order chi connectivity index (χ0) is 22.9. The van der Waals surface area contributed by atoms with Crippen LogP contribution in [0.25, 0.3) is 0 Å². The minimum atomic E-state index is -3.14. The summed E-state index contributed by atoms with van der Waals surface area (Å²) in [5.74, 6) is 1.10. The van der Waals surface area contributed by atoms with Crippen LogP contribution < -0.4 is 4.90 Å². The number of sulfone groups is 2. The Morgan fingerprint density at radius 2 is 1.75 bits per heavy atom. The van der Waals surface area contributed by atoms with Crippen molar-refractivity contribution in [2.45, 2.75) is 30.5 Å². The minimum absolute atomic E-state index is 0.0310. The van der Waals surface area contributed by atoms with Crippen LogP contribution in [0.4, 0.5) is 5.69 Å². The molecule has 2 atom stereocenters. The predicted molar refractivity (Wildman–Crippen MR) is 123 cm³/mol. The molecule has 2 aliphatic heterocycles. The molecular weight excluding hydrogens is 472 g/mol. The number of benzene rings is 1. The van der Waals surface area contributed by atoms with Gasteiger partial charge in [-0.15, -0.1) is 10.2 Å². The molecule has 1 amide bonds. The molecule has 2 fully saturated rings. The molecule has 2 unspecified atom stereocenters. The summed E-state index contributed by atoms with van der Waals surface area (Å²) < 4.78 is 49.2. The molecule has 4 rings (SSSR count). The van der Waals surface area contributed by atoms with Crippen molar-refractivity contribution in [3.05, 3.63) is 36.2 Å². The van der Waals surface area contributed by atoms with Crippen LogP contribution in [-0.2, 0) is 37.9 Å². The number of para-hydroxylation sites is 1. The van der Waals surface area contributed by atoms with E-state index in [1.165, 1.54) is 11.8 Å². The van der Waals surface area contributed by atoms with Crippen molar-refractivity contribution in [1.82, 2.24) is 14.8 Å². The maximum atomic E-state index is 13.2. The largest absolute Gasteiger partial charge is 0.309 e. The highest BCUT2D eigenvalue weighted by Crippen LogP contribution is 2.27. The van der Waals surface area contributed by atoms with Crippen molar-refractivity contribution in [2.75, 3.05) is 33.7 Å². The molecule has 1 aromatic carbocycles. The van der Waals surface area contributed by atoms with Gasteiger partial charge in [0, 0.05) is 19.2 Å². The third-order valence-corrected chi connectivity index (χ3v) is 10.5. The van der Waals surface area contributed by atoms with Crippen molar-refractivity contribution < 1.29 is 21.6 Å². The lowest BCUT2D eigenvalue weighted by atomic mass is 10.1. The second-order valence-corrected chi connectivity index (χ2v) is 13.8. The maximum Gasteiger partial charge on any atom is 0.237 e. The summed E-state index contributed by atoms with van der Waals surface area (Å²) in [4.78, 5) is 14.8. The van der Waals surface area contributed by atoms with Gasteiger partial charge >= 0.3 is 0 Å². The first kappa shape index (κ1) is 23.2. The Hall–Kier alpha value is -1.92. The molecule has 3 heterocycles. The molecule has 9 nitrogen and oxygen atoms in total. The quantitative estimate of drug-likeness (QED) is 0.521. The van der Waals surface area contributed by atoms with Gasteiger partial charge in [-0.1, -0.05) is 30.0 Å². The molecule has 12 heteroatoms. The number of hydrogen-bond donors (Lipinski definition) is 0. The maximum absolute atomic E-state index is 13.2. The van der Waals surface area contributed by atoms with Gasteiger partial charge in [0.05, 0.1) is 34.8 Å². The Labute approximate surface area is 192 Å². The highest BCUT2D eigenvalue weighted by atomic mass is 32.2. The van der Waals surface area contributed by atoms with Crippen molar-refractivity contribution >= 4 is 43.0 Å². The van der Waals surface area contributed by atoms with E-state index in [0.29, 0.717) is 35.9 Å². The lowest BCUT2D eigenvalue weighted by Gasteiger charge is -2.28. The predicted octanol–water partition coefficient (Wildman–Crippen LogP) is 1.10. The Bertz CT molecular complexity index is 1200. The van der Waals surface area contributed by atoms with Crippen LogP contribution in [0.1, 0.15) is 18.7 Å². The fourth-order valence-corrected chi connectivity index (χ4v) is 8.61. The fourth-order valence-electron chi connectivity index (χ4n) is 4.26. The van der Waals surface area contributed by atoms with Gasteiger partial charge in [0.1, 0.15) is 5.82 Å². The first-order chi connectivity index (χ1) is 15.1. The lowest BCUT2D eigenvalue weighted by molar-refractivity contribution is -0.116. The molecule has 1 aromatic heterocycles. The molecule has 0 saturated carbocycles. The van der Waals surface area contributed by atoms with E-state index in [2.05, 4.69) is 10.2 Å². The Balaban J connectivity index is 1.44. The number of carbonyl (C=O) groups is 1. The number of rotatable bonds is 7. The molecule has 0 aliphatic carbocycles. The van der Waals surface area contributed by atoms with Gasteiger partial charge in [-0.25, -0.2) is 16.8 Å². The number of nitrogens with zero attached hydrogens (tertiary/aromatic N) is 4. The monoisotopic (exact) mass is 498 g/mol. The van der Waals surface area contributed by atoms with E-state index >= 15 is 0 Å². The molecule has 2 saturated heterocycles. The van der Waals surface area contributed by atoms with Crippen molar-refractivity contribution in [3.63, 3.8) is 0 Å². The number of aromatic nitrogens is 3. The average molecular weight is 499 g/mol. The summed E-state index contributed by atoms with van der Waals surface area (Å²) in [6, 6.07) is 8.74. The third-order valence-electron chi connectivity index (χ3n) is 5.92. The number of anilines is 1. The molecule has 0 spiro atoms. The highest BCUT2D eigenvalue weighted by Gasteiger charge is 2.35. The SMILES string of the molecule is Cn1c(CC2CCS(=O)(=O)C2)nnc1SCC(=O)N(c1ccccc1)C1CCS(=O)(=O)C1. The van der Waals surface area contributed by atoms with E-state index in [-0.39, 0.29) is 46.6 Å². The van der Waals surface area contributed by atoms with Gasteiger partial charge in [0.25, 0.3) is 0 Å². The minimum Gasteiger partial charge on any atom is -0.309 e. The van der Waals surface area contributed by atoms with Crippen LogP contribution in [0.15, 0.2) is 35.5 Å². The van der Waals surface area contributed by atoms with E-state index in [1.807, 2.05) is 37.4 Å². The van der Waals surface area contributed by atoms with Gasteiger partial charge in [0.2, 0.25) is 5.91 Å². The van der Waals surface area contributed by atoms with Crippen LogP contribution in [0.3, 0.4) is 0 Å². The van der Waals surface area contributed by atoms with E-state index in [4.69, 9.17) is 0 Å². The van der Waals surface area contributed by atoms with Gasteiger partial charge < -0.3 is 9.47 Å². The number of carbonyl (C=O) groups excluding carboxylic acids is 1. The van der Waals surface area contributed by atoms with Crippen LogP contribution in [0.2, 0.25) is 0 Å². The molecule has 0 radical (unpaired) electrons. The first-order valence-electron chi connectivity index (χ1n) is 10.4. The van der Waals surface area contributed by atoms with Gasteiger partial charge in [-0.3, -0.25) is 4.79 Å². The average Bonchev–Trinajstić information content (AvgIpc) is 3.39. The normalized spacial score (nSPS) is 23.9. The van der Waals surface area contributed by atoms with E-state index < -0.39 is 19.7 Å². The molecule has 174 valence electrons. The second kappa shape index (κ2) is 9.14. The smallest absolute Gasteiger partial charge is 0.237 e. The van der Waals surface area contributed by atoms with E-state index in [0.717, 1.165) is 0 Å². The van der Waals surface area contributed by atoms with Gasteiger partial charge in [-0.05, 0) is 30.9 Å². The molecular formula is C20H26N4O5S3. The van der Waals surface area contributed by atoms with E-state index in [9.17, 15) is 21.6 Å². The Morgan fingerprint density at radius 1 is 1.06 bits per heavy atom. The summed E-state index contributed by atoms with van der Waals surface area (Å²) in [5, 5.41) is 8.95. The van der Waals surface area contributed by atoms with Crippen LogP contribution in [0, 0.1) is 5.92 Å². The summed E-state index contributed by atoms with van der Waals surface area (Å²) in [6.45, 7) is 0. The molecule has 32 heavy (non-hydrogen) atoms. The highest BCUT2D eigenvalue weighted by molar-refractivity contribution is 7.99. The van der Waals surface area contributed by atoms with Gasteiger partial charge in [-0.2, -0.15) is 0 Å². The summed E-state index contributed by atoms with van der Waals surface area (Å²) in [5.41, 5.74) is 0.682. The zero-order valence-electron chi connectivity index (χ0n) is 17.8. The van der Waals surface area contributed by atoms with Crippen molar-refractivity contribution in [2.24, 2.45) is 13.0 Å². The van der Waals surface area contributed by atoms with Crippen LogP contribution in [0.5, 0.6) is 0 Å². The Kier molecular flexibility index (Phi) is 6.64. The summed E-state index contributed by atoms with van der Waals surface area (Å²) >= 11 is 1.25. The Morgan fingerprint density at radius 3 is 2.38 bits per heavy atom. The number of hydrogen-bond acceptors (Lipinski definition) is 8. The topological polar surface area (TPSA) is 119 Å². The lowest BCUT2D eigenvalue weighted by Crippen LogP contribution is -2.42. The summed E-state index contributed by atoms with van der Waals surface area (Å²) in [6.07, 6.45) is 1.59. The molecule has 2 aliphatic rings. The number of thioether (sulfide) groups is 1. The zero-order valence-corrected chi connectivity index (χ0v) is 20.2. The van der Waals surface area contributed by atoms with Crippen molar-refractivity contribution in [3.8, 4) is 0 Å². The standard InChI is InChI=1S/C20H26N4O5S3/c1-23-18(11-15-7-9-31(26,27)13-15)21-22-20(23)30-12-19(25)24(16-5-3-2-4-6-16)17-8-10-32(28,29)14-17/h2-6,15,17H,7-14H2,1H3. The summed E-state index contributed by atoms with van der Waals surface area (Å²) in [7, 11) is -4.28. The molecule has 0 bridgehead atoms. The fraction of sp³-hybridized carbons (Fsp3) is 0.550. The first-order valence-corrected chi connectivity index (χ1v) is 15.1. The third kappa shape index (κ3) is 5.34. The molecule has 2 aromatic rings. The van der Waals surface area contributed by atoms with Crippen LogP contribution >= 0.6 is 11.8 Å². The molecule has 0 N–H and O–H groups in total. The number of amides is 1. The van der Waals surface area contributed by atoms with E-state index in [1.54, 1.807) is 9.47 Å².